The Morgan fingerprint density at radius 3 is 2.54 bits per heavy atom. The van der Waals surface area contributed by atoms with Crippen LogP contribution < -0.4 is 0 Å². The highest BCUT2D eigenvalue weighted by Gasteiger charge is 2.36. The topological polar surface area (TPSA) is 67.6 Å². The van der Waals surface area contributed by atoms with Crippen LogP contribution in [-0.4, -0.2) is 36.8 Å². The van der Waals surface area contributed by atoms with E-state index in [0.29, 0.717) is 23.6 Å². The molecule has 2 heterocycles. The molecule has 0 radical (unpaired) electrons. The third-order valence-electron chi connectivity index (χ3n) is 5.21. The molecule has 146 valence electrons. The molecule has 1 amide bonds. The molecule has 5 nitrogen and oxygen atoms in total. The molecule has 0 spiro atoms. The third-order valence-corrected chi connectivity index (χ3v) is 7.22. The largest absolute Gasteiger partial charge is 0.451 e. The normalized spacial score (nSPS) is 18.4. The Hall–Kier alpha value is -2.31. The fourth-order valence-electron chi connectivity index (χ4n) is 3.68. The molecule has 1 aliphatic rings. The second-order valence-corrected chi connectivity index (χ2v) is 9.83. The number of aryl methyl sites for hydroxylation is 1. The van der Waals surface area contributed by atoms with Crippen molar-refractivity contribution in [2.75, 3.05) is 11.5 Å². The van der Waals surface area contributed by atoms with Crippen molar-refractivity contribution in [3.8, 4) is 0 Å². The van der Waals surface area contributed by atoms with E-state index in [-0.39, 0.29) is 29.2 Å². The van der Waals surface area contributed by atoms with Gasteiger partial charge in [-0.3, -0.25) is 4.79 Å². The van der Waals surface area contributed by atoms with Crippen molar-refractivity contribution in [2.45, 2.75) is 25.9 Å². The number of hydrogen-bond acceptors (Lipinski definition) is 4. The van der Waals surface area contributed by atoms with Gasteiger partial charge in [0, 0.05) is 28.6 Å². The third kappa shape index (κ3) is 3.66. The molecule has 1 aliphatic heterocycles. The Balaban J connectivity index is 1.72. The molecule has 3 aromatic rings. The zero-order valence-electron chi connectivity index (χ0n) is 15.4. The molecule has 2 aromatic carbocycles. The standard InChI is InChI=1S/C21H20ClNO4S/c1-14-18-4-2-3-5-19(18)27-20(14)21(24)23(17-10-11-28(25,26)13-17)12-15-6-8-16(22)9-7-15/h2-9,17H,10-13H2,1H3/t17-/m1/s1. The van der Waals surface area contributed by atoms with Crippen molar-refractivity contribution in [3.05, 3.63) is 70.4 Å². The number of hydrogen-bond donors (Lipinski definition) is 0. The Labute approximate surface area is 168 Å². The van der Waals surface area contributed by atoms with Crippen LogP contribution in [0.1, 0.15) is 28.1 Å². The lowest BCUT2D eigenvalue weighted by Crippen LogP contribution is -2.40. The number of sulfone groups is 1. The lowest BCUT2D eigenvalue weighted by Gasteiger charge is -2.28. The van der Waals surface area contributed by atoms with Crippen LogP contribution in [0, 0.1) is 6.92 Å². The summed E-state index contributed by atoms with van der Waals surface area (Å²) in [5.74, 6) is 0.0532. The molecule has 0 aliphatic carbocycles. The van der Waals surface area contributed by atoms with Gasteiger partial charge in [-0.1, -0.05) is 41.9 Å². The van der Waals surface area contributed by atoms with E-state index in [1.807, 2.05) is 43.3 Å². The average molecular weight is 418 g/mol. The molecule has 1 aromatic heterocycles. The van der Waals surface area contributed by atoms with Gasteiger partial charge in [-0.15, -0.1) is 0 Å². The summed E-state index contributed by atoms with van der Waals surface area (Å²) in [5.41, 5.74) is 2.30. The van der Waals surface area contributed by atoms with E-state index < -0.39 is 9.84 Å². The molecule has 0 unspecified atom stereocenters. The lowest BCUT2D eigenvalue weighted by molar-refractivity contribution is 0.0649. The molecule has 0 N–H and O–H groups in total. The molecular formula is C21H20ClNO4S. The first kappa shape index (κ1) is 19.0. The van der Waals surface area contributed by atoms with Crippen molar-refractivity contribution in [1.29, 1.82) is 0 Å². The summed E-state index contributed by atoms with van der Waals surface area (Å²) in [6.07, 6.45) is 0.431. The van der Waals surface area contributed by atoms with Crippen LogP contribution in [0.4, 0.5) is 0 Å². The van der Waals surface area contributed by atoms with E-state index in [1.165, 1.54) is 0 Å². The van der Waals surface area contributed by atoms with Crippen LogP contribution in [0.2, 0.25) is 5.02 Å². The van der Waals surface area contributed by atoms with E-state index in [1.54, 1.807) is 17.0 Å². The maximum absolute atomic E-state index is 13.4. The zero-order chi connectivity index (χ0) is 19.9. The van der Waals surface area contributed by atoms with Gasteiger partial charge in [0.15, 0.2) is 15.6 Å². The van der Waals surface area contributed by atoms with Gasteiger partial charge in [0.05, 0.1) is 11.5 Å². The summed E-state index contributed by atoms with van der Waals surface area (Å²) in [6.45, 7) is 2.15. The van der Waals surface area contributed by atoms with E-state index >= 15 is 0 Å². The average Bonchev–Trinajstić information content (AvgIpc) is 3.20. The highest BCUT2D eigenvalue weighted by molar-refractivity contribution is 7.91. The monoisotopic (exact) mass is 417 g/mol. The molecule has 0 saturated carbocycles. The number of halogens is 1. The summed E-state index contributed by atoms with van der Waals surface area (Å²) in [6, 6.07) is 14.3. The molecule has 7 heteroatoms. The van der Waals surface area contributed by atoms with Crippen LogP contribution in [0.15, 0.2) is 52.9 Å². The van der Waals surface area contributed by atoms with Gasteiger partial charge in [-0.05, 0) is 37.1 Å². The quantitative estimate of drug-likeness (QED) is 0.637. The van der Waals surface area contributed by atoms with Gasteiger partial charge in [-0.25, -0.2) is 8.42 Å². The first-order chi connectivity index (χ1) is 13.3. The number of furan rings is 1. The van der Waals surface area contributed by atoms with Gasteiger partial charge in [0.2, 0.25) is 0 Å². The maximum Gasteiger partial charge on any atom is 0.290 e. The van der Waals surface area contributed by atoms with Gasteiger partial charge in [-0.2, -0.15) is 0 Å². The summed E-state index contributed by atoms with van der Waals surface area (Å²) in [4.78, 5) is 15.0. The molecule has 4 rings (SSSR count). The number of amides is 1. The lowest BCUT2D eigenvalue weighted by atomic mass is 10.1. The van der Waals surface area contributed by atoms with Crippen molar-refractivity contribution in [3.63, 3.8) is 0 Å². The van der Waals surface area contributed by atoms with Crippen LogP contribution in [-0.2, 0) is 16.4 Å². The van der Waals surface area contributed by atoms with Gasteiger partial charge >= 0.3 is 0 Å². The predicted octanol–water partition coefficient (Wildman–Crippen LogP) is 4.22. The number of carbonyl (C=O) groups excluding carboxylic acids is 1. The minimum absolute atomic E-state index is 0.0222. The van der Waals surface area contributed by atoms with Crippen LogP contribution in [0.25, 0.3) is 11.0 Å². The SMILES string of the molecule is Cc1c(C(=O)N(Cc2ccc(Cl)cc2)[C@@H]2CCS(=O)(=O)C2)oc2ccccc12. The Morgan fingerprint density at radius 1 is 1.18 bits per heavy atom. The number of nitrogens with zero attached hydrogens (tertiary/aromatic N) is 1. The van der Waals surface area contributed by atoms with E-state index in [4.69, 9.17) is 16.0 Å². The fraction of sp³-hybridized carbons (Fsp3) is 0.286. The number of para-hydroxylation sites is 1. The van der Waals surface area contributed by atoms with Crippen LogP contribution >= 0.6 is 11.6 Å². The molecule has 0 bridgehead atoms. The van der Waals surface area contributed by atoms with Gasteiger partial charge in [0.1, 0.15) is 5.58 Å². The van der Waals surface area contributed by atoms with E-state index in [2.05, 4.69) is 0 Å². The number of rotatable bonds is 4. The highest BCUT2D eigenvalue weighted by atomic mass is 35.5. The maximum atomic E-state index is 13.4. The summed E-state index contributed by atoms with van der Waals surface area (Å²) < 4.78 is 29.9. The van der Waals surface area contributed by atoms with Crippen molar-refractivity contribution < 1.29 is 17.6 Å². The van der Waals surface area contributed by atoms with Crippen molar-refractivity contribution in [2.24, 2.45) is 0 Å². The fourth-order valence-corrected chi connectivity index (χ4v) is 5.54. The highest BCUT2D eigenvalue weighted by Crippen LogP contribution is 2.29. The molecule has 28 heavy (non-hydrogen) atoms. The van der Waals surface area contributed by atoms with Crippen molar-refractivity contribution >= 4 is 38.3 Å². The molecular weight excluding hydrogens is 398 g/mol. The number of fused-ring (bicyclic) bond motifs is 1. The number of benzene rings is 2. The Morgan fingerprint density at radius 2 is 1.89 bits per heavy atom. The Kier molecular flexibility index (Phi) is 4.93. The summed E-state index contributed by atoms with van der Waals surface area (Å²) >= 11 is 5.96. The smallest absolute Gasteiger partial charge is 0.290 e. The predicted molar refractivity (Wildman–Crippen MR) is 109 cm³/mol. The zero-order valence-corrected chi connectivity index (χ0v) is 17.0. The van der Waals surface area contributed by atoms with Gasteiger partial charge < -0.3 is 9.32 Å². The van der Waals surface area contributed by atoms with Gasteiger partial charge in [0.25, 0.3) is 5.91 Å². The summed E-state index contributed by atoms with van der Waals surface area (Å²) in [7, 11) is -3.14. The number of carbonyl (C=O) groups is 1. The minimum atomic E-state index is -3.14. The summed E-state index contributed by atoms with van der Waals surface area (Å²) in [5, 5.41) is 1.49. The molecule has 1 atom stereocenters. The first-order valence-electron chi connectivity index (χ1n) is 9.08. The molecule has 1 saturated heterocycles. The van der Waals surface area contributed by atoms with Crippen LogP contribution in [0.3, 0.4) is 0 Å². The van der Waals surface area contributed by atoms with E-state index in [9.17, 15) is 13.2 Å². The molecule has 1 fully saturated rings. The first-order valence-corrected chi connectivity index (χ1v) is 11.3. The minimum Gasteiger partial charge on any atom is -0.451 e. The second kappa shape index (κ2) is 7.26. The van der Waals surface area contributed by atoms with Crippen LogP contribution in [0.5, 0.6) is 0 Å². The Bertz CT molecular complexity index is 1130. The second-order valence-electron chi connectivity index (χ2n) is 7.17. The van der Waals surface area contributed by atoms with Crippen molar-refractivity contribution in [1.82, 2.24) is 4.90 Å². The van der Waals surface area contributed by atoms with E-state index in [0.717, 1.165) is 16.5 Å².